The first-order chi connectivity index (χ1) is 15.0. The van der Waals surface area contributed by atoms with Gasteiger partial charge < -0.3 is 15.5 Å². The minimum atomic E-state index is -4.44. The summed E-state index contributed by atoms with van der Waals surface area (Å²) in [6.07, 6.45) is -4.98. The third-order valence-corrected chi connectivity index (χ3v) is 7.21. The first-order valence-electron chi connectivity index (χ1n) is 9.60. The molecule has 1 aliphatic heterocycles. The van der Waals surface area contributed by atoms with Crippen molar-refractivity contribution < 1.29 is 40.6 Å². The molecular weight excluding hydrogens is 459 g/mol. The zero-order chi connectivity index (χ0) is 23.7. The Balaban J connectivity index is 1.90. The normalized spacial score (nSPS) is 20.5. The molecule has 6 nitrogen and oxygen atoms in total. The molecule has 0 spiro atoms. The molecule has 12 heteroatoms. The van der Waals surface area contributed by atoms with Gasteiger partial charge in [-0.3, -0.25) is 0 Å². The van der Waals surface area contributed by atoms with Crippen molar-refractivity contribution in [3.05, 3.63) is 59.2 Å². The van der Waals surface area contributed by atoms with Gasteiger partial charge in [-0.25, -0.2) is 30.4 Å². The fraction of sp³-hybridized carbons (Fsp3) is 0.400. The topological polar surface area (TPSA) is 89.9 Å². The van der Waals surface area contributed by atoms with Gasteiger partial charge in [-0.15, -0.1) is 0 Å². The van der Waals surface area contributed by atoms with Gasteiger partial charge in [-0.2, -0.15) is 4.31 Å². The van der Waals surface area contributed by atoms with E-state index in [4.69, 9.17) is 0 Å². The summed E-state index contributed by atoms with van der Waals surface area (Å²) in [6.45, 7) is -2.16. The zero-order valence-corrected chi connectivity index (χ0v) is 17.4. The van der Waals surface area contributed by atoms with Crippen molar-refractivity contribution in [2.75, 3.05) is 18.4 Å². The lowest BCUT2D eigenvalue weighted by Gasteiger charge is -2.23. The van der Waals surface area contributed by atoms with Crippen LogP contribution in [0.2, 0.25) is 0 Å². The molecule has 0 aromatic heterocycles. The molecule has 2 aromatic carbocycles. The summed E-state index contributed by atoms with van der Waals surface area (Å²) < 4.78 is 94.4. The number of aliphatic hydroxyl groups excluding tert-OH is 2. The number of rotatable bonds is 6. The molecule has 1 fully saturated rings. The number of nitrogens with one attached hydrogen (secondary N) is 1. The van der Waals surface area contributed by atoms with Crippen LogP contribution in [0.25, 0.3) is 0 Å². The number of alkyl halides is 3. The Labute approximate surface area is 181 Å². The SMILES string of the molecule is O=S(=O)(c1cc(C(O)Nc2ccc(F)c(F)c2)ccc1CF)N1CCC(O)C(F)(F)CC1. The van der Waals surface area contributed by atoms with Crippen molar-refractivity contribution in [1.82, 2.24) is 4.31 Å². The molecule has 3 rings (SSSR count). The maximum absolute atomic E-state index is 13.8. The minimum absolute atomic E-state index is 0.000822. The van der Waals surface area contributed by atoms with Gasteiger partial charge in [0.2, 0.25) is 10.0 Å². The van der Waals surface area contributed by atoms with Gasteiger partial charge in [0.05, 0.1) is 4.90 Å². The monoisotopic (exact) mass is 480 g/mol. The van der Waals surface area contributed by atoms with Crippen LogP contribution in [0, 0.1) is 11.6 Å². The second kappa shape index (κ2) is 9.30. The first kappa shape index (κ1) is 24.4. The second-order valence-corrected chi connectivity index (χ2v) is 9.30. The van der Waals surface area contributed by atoms with Gasteiger partial charge >= 0.3 is 0 Å². The molecule has 176 valence electrons. The predicted octanol–water partition coefficient (Wildman–Crippen LogP) is 3.32. The lowest BCUT2D eigenvalue weighted by atomic mass is 10.1. The maximum atomic E-state index is 13.8. The Kier molecular flexibility index (Phi) is 7.08. The van der Waals surface area contributed by atoms with Crippen LogP contribution < -0.4 is 5.32 Å². The Morgan fingerprint density at radius 1 is 1.12 bits per heavy atom. The molecule has 2 unspecified atom stereocenters. The van der Waals surface area contributed by atoms with E-state index in [0.717, 1.165) is 34.6 Å². The van der Waals surface area contributed by atoms with Gasteiger partial charge in [0, 0.05) is 42.4 Å². The van der Waals surface area contributed by atoms with Gasteiger partial charge in [0.25, 0.3) is 5.92 Å². The van der Waals surface area contributed by atoms with E-state index in [-0.39, 0.29) is 16.8 Å². The average molecular weight is 480 g/mol. The van der Waals surface area contributed by atoms with Crippen LogP contribution in [0.4, 0.5) is 27.6 Å². The molecule has 0 radical (unpaired) electrons. The maximum Gasteiger partial charge on any atom is 0.274 e. The van der Waals surface area contributed by atoms with Crippen LogP contribution in [0.15, 0.2) is 41.3 Å². The van der Waals surface area contributed by atoms with E-state index in [1.807, 2.05) is 0 Å². The van der Waals surface area contributed by atoms with Gasteiger partial charge in [-0.05, 0) is 24.6 Å². The van der Waals surface area contributed by atoms with Crippen molar-refractivity contribution >= 4 is 15.7 Å². The molecule has 0 aliphatic carbocycles. The smallest absolute Gasteiger partial charge is 0.274 e. The number of sulfonamides is 1. The Hall–Kier alpha value is -2.28. The molecular formula is C20H21F5N2O4S. The number of halogens is 5. The summed E-state index contributed by atoms with van der Waals surface area (Å²) in [5.74, 6) is -5.73. The third-order valence-electron chi connectivity index (χ3n) is 5.23. The van der Waals surface area contributed by atoms with Crippen LogP contribution in [-0.4, -0.2) is 48.1 Å². The molecule has 3 N–H and O–H groups in total. The third kappa shape index (κ3) is 5.03. The van der Waals surface area contributed by atoms with E-state index in [9.17, 15) is 40.6 Å². The molecule has 1 heterocycles. The summed E-state index contributed by atoms with van der Waals surface area (Å²) in [5, 5.41) is 22.4. The Morgan fingerprint density at radius 2 is 1.84 bits per heavy atom. The number of hydrogen-bond donors (Lipinski definition) is 3. The van der Waals surface area contributed by atoms with Gasteiger partial charge in [0.1, 0.15) is 12.8 Å². The van der Waals surface area contributed by atoms with Gasteiger partial charge in [0.15, 0.2) is 17.9 Å². The van der Waals surface area contributed by atoms with E-state index in [1.54, 1.807) is 0 Å². The van der Waals surface area contributed by atoms with E-state index in [0.29, 0.717) is 0 Å². The zero-order valence-electron chi connectivity index (χ0n) is 16.6. The van der Waals surface area contributed by atoms with Crippen molar-refractivity contribution in [3.63, 3.8) is 0 Å². The van der Waals surface area contributed by atoms with E-state index >= 15 is 0 Å². The number of benzene rings is 2. The predicted molar refractivity (Wildman–Crippen MR) is 105 cm³/mol. The van der Waals surface area contributed by atoms with Crippen molar-refractivity contribution in [2.45, 2.75) is 42.7 Å². The number of aliphatic hydroxyl groups is 2. The number of anilines is 1. The standard InChI is InChI=1S/C20H21F5N2O4S/c21-11-13-2-1-12(19(29)26-14-3-4-15(22)16(23)10-14)9-17(13)32(30,31)27-7-5-18(28)20(24,25)6-8-27/h1-4,9-10,18-19,26,28-29H,5-8,11H2. The van der Waals surface area contributed by atoms with Crippen LogP contribution in [0.3, 0.4) is 0 Å². The van der Waals surface area contributed by atoms with E-state index < -0.39 is 77.4 Å². The fourth-order valence-electron chi connectivity index (χ4n) is 3.33. The first-order valence-corrected chi connectivity index (χ1v) is 11.0. The molecule has 2 atom stereocenters. The highest BCUT2D eigenvalue weighted by atomic mass is 32.2. The number of hydrogen-bond acceptors (Lipinski definition) is 5. The molecule has 1 saturated heterocycles. The highest BCUT2D eigenvalue weighted by Gasteiger charge is 2.43. The van der Waals surface area contributed by atoms with Crippen molar-refractivity contribution in [1.29, 1.82) is 0 Å². The van der Waals surface area contributed by atoms with Gasteiger partial charge in [-0.1, -0.05) is 12.1 Å². The summed E-state index contributed by atoms with van der Waals surface area (Å²) in [4.78, 5) is -0.525. The van der Waals surface area contributed by atoms with E-state index in [1.165, 1.54) is 6.07 Å². The second-order valence-electron chi connectivity index (χ2n) is 7.40. The minimum Gasteiger partial charge on any atom is -0.387 e. The van der Waals surface area contributed by atoms with E-state index in [2.05, 4.69) is 5.32 Å². The average Bonchev–Trinajstić information content (AvgIpc) is 2.88. The quantitative estimate of drug-likeness (QED) is 0.436. The van der Waals surface area contributed by atoms with Crippen LogP contribution in [0.5, 0.6) is 0 Å². The molecule has 1 aliphatic rings. The fourth-order valence-corrected chi connectivity index (χ4v) is 5.02. The van der Waals surface area contributed by atoms with Crippen LogP contribution in [0.1, 0.15) is 30.2 Å². The lowest BCUT2D eigenvalue weighted by molar-refractivity contribution is -0.108. The molecule has 0 amide bonds. The van der Waals surface area contributed by atoms with Crippen LogP contribution >= 0.6 is 0 Å². The van der Waals surface area contributed by atoms with Crippen molar-refractivity contribution in [3.8, 4) is 0 Å². The van der Waals surface area contributed by atoms with Crippen molar-refractivity contribution in [2.24, 2.45) is 0 Å². The highest BCUT2D eigenvalue weighted by molar-refractivity contribution is 7.89. The Bertz CT molecular complexity index is 1080. The number of nitrogens with zero attached hydrogens (tertiary/aromatic N) is 1. The summed E-state index contributed by atoms with van der Waals surface area (Å²) in [7, 11) is -4.44. The lowest BCUT2D eigenvalue weighted by Crippen LogP contribution is -2.33. The largest absolute Gasteiger partial charge is 0.387 e. The molecule has 2 aromatic rings. The highest BCUT2D eigenvalue weighted by Crippen LogP contribution is 2.32. The molecule has 0 bridgehead atoms. The molecule has 0 saturated carbocycles. The Morgan fingerprint density at radius 3 is 2.50 bits per heavy atom. The summed E-state index contributed by atoms with van der Waals surface area (Å²) >= 11 is 0. The van der Waals surface area contributed by atoms with Crippen LogP contribution in [-0.2, 0) is 16.7 Å². The molecule has 32 heavy (non-hydrogen) atoms. The summed E-state index contributed by atoms with van der Waals surface area (Å²) in [6, 6.07) is 6.12. The summed E-state index contributed by atoms with van der Waals surface area (Å²) in [5.41, 5.74) is -0.282.